The maximum atomic E-state index is 12.7. The van der Waals surface area contributed by atoms with Crippen molar-refractivity contribution in [2.45, 2.75) is 45.3 Å². The second-order valence-corrected chi connectivity index (χ2v) is 7.31. The van der Waals surface area contributed by atoms with Crippen LogP contribution in [-0.2, 0) is 4.79 Å². The van der Waals surface area contributed by atoms with Crippen molar-refractivity contribution in [2.24, 2.45) is 5.92 Å². The third kappa shape index (κ3) is 5.40. The van der Waals surface area contributed by atoms with Gasteiger partial charge in [-0.3, -0.25) is 4.79 Å². The number of aliphatic carboxylic acids is 1. The molecule has 0 bridgehead atoms. The van der Waals surface area contributed by atoms with E-state index in [1.54, 1.807) is 0 Å². The molecule has 0 aliphatic carbocycles. The van der Waals surface area contributed by atoms with Gasteiger partial charge >= 0.3 is 5.97 Å². The van der Waals surface area contributed by atoms with Crippen LogP contribution >= 0.6 is 0 Å². The Morgan fingerprint density at radius 2 is 1.90 bits per heavy atom. The van der Waals surface area contributed by atoms with Crippen molar-refractivity contribution in [3.05, 3.63) is 48.3 Å². The lowest BCUT2D eigenvalue weighted by Gasteiger charge is -2.33. The lowest BCUT2D eigenvalue weighted by Crippen LogP contribution is -2.54. The smallest absolute Gasteiger partial charge is 0.329 e. The van der Waals surface area contributed by atoms with Crippen LogP contribution in [0.4, 0.5) is 0 Å². The van der Waals surface area contributed by atoms with Crippen molar-refractivity contribution < 1.29 is 29.3 Å². The maximum Gasteiger partial charge on any atom is 0.329 e. The monoisotopic (exact) mass is 416 g/mol. The number of para-hydroxylation sites is 1. The van der Waals surface area contributed by atoms with Gasteiger partial charge in [-0.25, -0.2) is 9.78 Å². The van der Waals surface area contributed by atoms with Gasteiger partial charge < -0.3 is 25.0 Å². The van der Waals surface area contributed by atoms with Crippen LogP contribution in [0, 0.1) is 5.92 Å². The van der Waals surface area contributed by atoms with E-state index in [2.05, 4.69) is 10.3 Å². The van der Waals surface area contributed by atoms with Crippen LogP contribution in [0.5, 0.6) is 17.2 Å². The Balaban J connectivity index is 2.19. The highest BCUT2D eigenvalue weighted by Gasteiger charge is 2.39. The molecule has 2 aromatic rings. The minimum Gasteiger partial charge on any atom is -0.503 e. The lowest BCUT2D eigenvalue weighted by atomic mass is 9.84. The summed E-state index contributed by atoms with van der Waals surface area (Å²) in [5.41, 5.74) is -1.90. The number of carbonyl (C=O) groups excluding carboxylic acids is 1. The van der Waals surface area contributed by atoms with E-state index in [9.17, 15) is 19.8 Å². The first-order valence-electron chi connectivity index (χ1n) is 9.71. The number of aromatic hydroxyl groups is 1. The summed E-state index contributed by atoms with van der Waals surface area (Å²) in [5.74, 6) is -1.83. The molecule has 0 saturated heterocycles. The number of amides is 1. The highest BCUT2D eigenvalue weighted by atomic mass is 16.5. The molecule has 8 heteroatoms. The topological polar surface area (TPSA) is 118 Å². The van der Waals surface area contributed by atoms with Crippen LogP contribution in [0.15, 0.2) is 42.6 Å². The van der Waals surface area contributed by atoms with Gasteiger partial charge in [-0.2, -0.15) is 0 Å². The number of nitrogens with zero attached hydrogens (tertiary/aromatic N) is 1. The molecule has 30 heavy (non-hydrogen) atoms. The van der Waals surface area contributed by atoms with Crippen molar-refractivity contribution in [3.8, 4) is 17.2 Å². The largest absolute Gasteiger partial charge is 0.503 e. The molecular weight excluding hydrogens is 388 g/mol. The Labute approximate surface area is 175 Å². The van der Waals surface area contributed by atoms with E-state index in [0.717, 1.165) is 0 Å². The standard InChI is InChI=1S/C22H28N2O6/c1-5-15(14(2)30-16-9-7-6-8-10-16)13-22(3,21(27)28)24-20(26)18-19(25)17(29-4)11-12-23-18/h6-12,14-15,25H,5,13H2,1-4H3,(H,24,26)(H,27,28). The first kappa shape index (κ1) is 23.0. The normalized spacial score (nSPS) is 14.8. The summed E-state index contributed by atoms with van der Waals surface area (Å²) >= 11 is 0. The summed E-state index contributed by atoms with van der Waals surface area (Å²) in [7, 11) is 1.35. The highest BCUT2D eigenvalue weighted by molar-refractivity contribution is 5.98. The number of rotatable bonds is 10. The number of ether oxygens (including phenoxy) is 2. The van der Waals surface area contributed by atoms with Gasteiger partial charge in [-0.1, -0.05) is 25.1 Å². The van der Waals surface area contributed by atoms with Gasteiger partial charge in [-0.15, -0.1) is 0 Å². The molecule has 3 N–H and O–H groups in total. The van der Waals surface area contributed by atoms with Crippen molar-refractivity contribution in [2.75, 3.05) is 7.11 Å². The predicted molar refractivity (Wildman–Crippen MR) is 111 cm³/mol. The van der Waals surface area contributed by atoms with Gasteiger partial charge in [0.2, 0.25) is 0 Å². The molecule has 8 nitrogen and oxygen atoms in total. The third-order valence-corrected chi connectivity index (χ3v) is 5.11. The van der Waals surface area contributed by atoms with Crippen molar-refractivity contribution in [1.82, 2.24) is 10.3 Å². The molecule has 0 fully saturated rings. The molecule has 0 saturated carbocycles. The van der Waals surface area contributed by atoms with Crippen LogP contribution < -0.4 is 14.8 Å². The van der Waals surface area contributed by atoms with Crippen LogP contribution in [0.1, 0.15) is 44.1 Å². The number of hydrogen-bond acceptors (Lipinski definition) is 6. The Morgan fingerprint density at radius 1 is 1.23 bits per heavy atom. The molecule has 1 aromatic heterocycles. The molecule has 2 rings (SSSR count). The molecule has 3 atom stereocenters. The van der Waals surface area contributed by atoms with Crippen LogP contribution in [0.2, 0.25) is 0 Å². The van der Waals surface area contributed by atoms with Crippen molar-refractivity contribution in [3.63, 3.8) is 0 Å². The third-order valence-electron chi connectivity index (χ3n) is 5.11. The Hall–Kier alpha value is -3.29. The fraction of sp³-hybridized carbons (Fsp3) is 0.409. The fourth-order valence-electron chi connectivity index (χ4n) is 3.25. The second-order valence-electron chi connectivity index (χ2n) is 7.31. The zero-order chi connectivity index (χ0) is 22.3. The average molecular weight is 416 g/mol. The molecule has 0 spiro atoms. The Morgan fingerprint density at radius 3 is 2.47 bits per heavy atom. The van der Waals surface area contributed by atoms with Crippen molar-refractivity contribution >= 4 is 11.9 Å². The van der Waals surface area contributed by atoms with E-state index in [-0.39, 0.29) is 29.9 Å². The van der Waals surface area contributed by atoms with E-state index in [4.69, 9.17) is 9.47 Å². The molecular formula is C22H28N2O6. The molecule has 0 aliphatic heterocycles. The number of pyridine rings is 1. The number of carboxylic acid groups (broad SMARTS) is 1. The fourth-order valence-corrected chi connectivity index (χ4v) is 3.25. The zero-order valence-corrected chi connectivity index (χ0v) is 17.6. The first-order valence-corrected chi connectivity index (χ1v) is 9.71. The first-order chi connectivity index (χ1) is 14.2. The average Bonchev–Trinajstić information content (AvgIpc) is 2.72. The van der Waals surface area contributed by atoms with Crippen molar-refractivity contribution in [1.29, 1.82) is 0 Å². The second kappa shape index (κ2) is 9.96. The molecule has 162 valence electrons. The number of nitrogens with one attached hydrogen (secondary N) is 1. The summed E-state index contributed by atoms with van der Waals surface area (Å²) in [6.07, 6.45) is 1.80. The molecule has 1 amide bonds. The van der Waals surface area contributed by atoms with Gasteiger partial charge in [0.25, 0.3) is 5.91 Å². The summed E-state index contributed by atoms with van der Waals surface area (Å²) in [5, 5.41) is 22.5. The van der Waals surface area contributed by atoms with E-state index in [0.29, 0.717) is 12.2 Å². The summed E-state index contributed by atoms with van der Waals surface area (Å²) < 4.78 is 10.9. The number of carbonyl (C=O) groups is 2. The number of benzene rings is 1. The molecule has 3 unspecified atom stereocenters. The van der Waals surface area contributed by atoms with Gasteiger partial charge in [0.15, 0.2) is 17.2 Å². The molecule has 0 radical (unpaired) electrons. The van der Waals surface area contributed by atoms with Gasteiger partial charge in [-0.05, 0) is 44.7 Å². The van der Waals surface area contributed by atoms with Gasteiger partial charge in [0.1, 0.15) is 11.3 Å². The number of aromatic nitrogens is 1. The maximum absolute atomic E-state index is 12.7. The summed E-state index contributed by atoms with van der Waals surface area (Å²) in [6.45, 7) is 5.25. The molecule has 1 aromatic carbocycles. The van der Waals surface area contributed by atoms with E-state index >= 15 is 0 Å². The van der Waals surface area contributed by atoms with E-state index in [1.807, 2.05) is 44.2 Å². The SMILES string of the molecule is CCC(CC(C)(NC(=O)c1nccc(OC)c1O)C(=O)O)C(C)Oc1ccccc1. The number of methoxy groups -OCH3 is 1. The van der Waals surface area contributed by atoms with E-state index < -0.39 is 23.2 Å². The molecule has 0 aliphatic rings. The minimum absolute atomic E-state index is 0.0727. The van der Waals surface area contributed by atoms with Crippen LogP contribution in [-0.4, -0.2) is 45.8 Å². The summed E-state index contributed by atoms with van der Waals surface area (Å²) in [4.78, 5) is 28.6. The highest BCUT2D eigenvalue weighted by Crippen LogP contribution is 2.30. The minimum atomic E-state index is -1.59. The summed E-state index contributed by atoms with van der Waals surface area (Å²) in [6, 6.07) is 10.7. The van der Waals surface area contributed by atoms with Crippen LogP contribution in [0.25, 0.3) is 0 Å². The Kier molecular flexibility index (Phi) is 7.63. The molecule has 1 heterocycles. The van der Waals surface area contributed by atoms with E-state index in [1.165, 1.54) is 26.3 Å². The quantitative estimate of drug-likeness (QED) is 0.544. The Bertz CT molecular complexity index is 873. The number of carboxylic acids is 1. The predicted octanol–water partition coefficient (Wildman–Crippen LogP) is 3.25. The zero-order valence-electron chi connectivity index (χ0n) is 17.6. The van der Waals surface area contributed by atoms with Gasteiger partial charge in [0, 0.05) is 12.3 Å². The number of hydrogen-bond donors (Lipinski definition) is 3. The van der Waals surface area contributed by atoms with Crippen LogP contribution in [0.3, 0.4) is 0 Å². The lowest BCUT2D eigenvalue weighted by molar-refractivity contribution is -0.144. The van der Waals surface area contributed by atoms with Gasteiger partial charge in [0.05, 0.1) is 13.2 Å².